The molecule has 3 rings (SSSR count). The first-order chi connectivity index (χ1) is 13.8. The van der Waals surface area contributed by atoms with Gasteiger partial charge in [0.2, 0.25) is 9.47 Å². The zero-order valence-electron chi connectivity index (χ0n) is 15.9. The Morgan fingerprint density at radius 2 is 1.79 bits per heavy atom. The van der Waals surface area contributed by atoms with E-state index in [1.54, 1.807) is 23.9 Å². The van der Waals surface area contributed by atoms with Gasteiger partial charge < -0.3 is 0 Å². The molecule has 0 aliphatic carbocycles. The summed E-state index contributed by atoms with van der Waals surface area (Å²) in [6.45, 7) is 4.09. The van der Waals surface area contributed by atoms with Gasteiger partial charge in [0.25, 0.3) is 15.9 Å². The van der Waals surface area contributed by atoms with Gasteiger partial charge in [-0.1, -0.05) is 47.2 Å². The van der Waals surface area contributed by atoms with Gasteiger partial charge in [0.1, 0.15) is 0 Å². The summed E-state index contributed by atoms with van der Waals surface area (Å²) < 4.78 is 27.1. The summed E-state index contributed by atoms with van der Waals surface area (Å²) in [6, 6.07) is 15.1. The summed E-state index contributed by atoms with van der Waals surface area (Å²) >= 11 is 2.37. The summed E-state index contributed by atoms with van der Waals surface area (Å²) in [5, 5.41) is 10.2. The van der Waals surface area contributed by atoms with Crippen molar-refractivity contribution in [1.82, 2.24) is 14.9 Å². The van der Waals surface area contributed by atoms with E-state index in [2.05, 4.69) is 20.2 Å². The van der Waals surface area contributed by atoms with Gasteiger partial charge >= 0.3 is 0 Å². The SMILES string of the molecule is Cc1ccc(SCCNS(=O)(=O)c2nnc(NC(=O)c3ccccc3C)s2)cc1. The molecular formula is C19H20N4O3S3. The quantitative estimate of drug-likeness (QED) is 0.311. The number of aromatic nitrogens is 2. The lowest BCUT2D eigenvalue weighted by Crippen LogP contribution is -2.25. The number of sulfonamides is 1. The Labute approximate surface area is 178 Å². The van der Waals surface area contributed by atoms with Crippen LogP contribution in [0.15, 0.2) is 57.8 Å². The van der Waals surface area contributed by atoms with Gasteiger partial charge in [0.05, 0.1) is 0 Å². The molecule has 0 radical (unpaired) electrons. The second-order valence-electron chi connectivity index (χ2n) is 6.20. The lowest BCUT2D eigenvalue weighted by Gasteiger charge is -2.04. The van der Waals surface area contributed by atoms with E-state index in [9.17, 15) is 13.2 Å². The molecule has 3 aromatic rings. The summed E-state index contributed by atoms with van der Waals surface area (Å²) in [6.07, 6.45) is 0. The lowest BCUT2D eigenvalue weighted by molar-refractivity contribution is 0.102. The van der Waals surface area contributed by atoms with Gasteiger partial charge in [0.15, 0.2) is 0 Å². The van der Waals surface area contributed by atoms with Crippen LogP contribution in [-0.2, 0) is 10.0 Å². The largest absolute Gasteiger partial charge is 0.296 e. The molecule has 0 aliphatic rings. The number of nitrogens with one attached hydrogen (secondary N) is 2. The van der Waals surface area contributed by atoms with Crippen LogP contribution in [-0.4, -0.2) is 36.8 Å². The minimum absolute atomic E-state index is 0.132. The predicted octanol–water partition coefficient (Wildman–Crippen LogP) is 3.48. The standard InChI is InChI=1S/C19H20N4O3S3/c1-13-7-9-15(10-8-13)27-12-11-20-29(25,26)19-23-22-18(28-19)21-17(24)16-6-4-3-5-14(16)2/h3-10,20H,11-12H2,1-2H3,(H,21,22,24). The van der Waals surface area contributed by atoms with E-state index in [1.807, 2.05) is 50.2 Å². The number of carbonyl (C=O) groups excluding carboxylic acids is 1. The molecule has 0 bridgehead atoms. The van der Waals surface area contributed by atoms with E-state index in [4.69, 9.17) is 0 Å². The smallest absolute Gasteiger partial charge is 0.269 e. The monoisotopic (exact) mass is 448 g/mol. The minimum Gasteiger partial charge on any atom is -0.296 e. The molecule has 2 aromatic carbocycles. The molecule has 0 aliphatic heterocycles. The van der Waals surface area contributed by atoms with E-state index in [0.29, 0.717) is 11.3 Å². The molecule has 1 aromatic heterocycles. The fourth-order valence-electron chi connectivity index (χ4n) is 2.40. The first-order valence-corrected chi connectivity index (χ1v) is 12.0. The molecule has 7 nitrogen and oxygen atoms in total. The number of thioether (sulfide) groups is 1. The topological polar surface area (TPSA) is 101 Å². The van der Waals surface area contributed by atoms with Crippen molar-refractivity contribution in [3.05, 3.63) is 65.2 Å². The molecule has 0 saturated heterocycles. The van der Waals surface area contributed by atoms with Crippen LogP contribution in [0.1, 0.15) is 21.5 Å². The summed E-state index contributed by atoms with van der Waals surface area (Å²) in [7, 11) is -3.78. The Morgan fingerprint density at radius 3 is 2.52 bits per heavy atom. The number of hydrogen-bond donors (Lipinski definition) is 2. The van der Waals surface area contributed by atoms with E-state index in [0.717, 1.165) is 21.8 Å². The van der Waals surface area contributed by atoms with Gasteiger partial charge in [-0.3, -0.25) is 10.1 Å². The van der Waals surface area contributed by atoms with Crippen LogP contribution in [0.3, 0.4) is 0 Å². The molecule has 29 heavy (non-hydrogen) atoms. The number of hydrogen-bond acceptors (Lipinski definition) is 7. The zero-order valence-corrected chi connectivity index (χ0v) is 18.3. The first kappa shape index (κ1) is 21.4. The second kappa shape index (κ2) is 9.49. The molecule has 0 atom stereocenters. The van der Waals surface area contributed by atoms with Crippen LogP contribution in [0.5, 0.6) is 0 Å². The molecule has 0 fully saturated rings. The summed E-state index contributed by atoms with van der Waals surface area (Å²) in [4.78, 5) is 13.4. The van der Waals surface area contributed by atoms with Crippen molar-refractivity contribution in [2.45, 2.75) is 23.1 Å². The maximum atomic E-state index is 12.4. The highest BCUT2D eigenvalue weighted by Crippen LogP contribution is 2.22. The van der Waals surface area contributed by atoms with Crippen LogP contribution in [0.25, 0.3) is 0 Å². The van der Waals surface area contributed by atoms with Crippen molar-refractivity contribution in [3.8, 4) is 0 Å². The zero-order chi connectivity index (χ0) is 20.9. The number of benzene rings is 2. The Morgan fingerprint density at radius 1 is 1.07 bits per heavy atom. The minimum atomic E-state index is -3.78. The Bertz CT molecular complexity index is 1100. The normalized spacial score (nSPS) is 11.4. The van der Waals surface area contributed by atoms with Gasteiger partial charge in [-0.25, -0.2) is 13.1 Å². The van der Waals surface area contributed by atoms with Crippen LogP contribution >= 0.6 is 23.1 Å². The molecular weight excluding hydrogens is 428 g/mol. The van der Waals surface area contributed by atoms with Gasteiger partial charge in [-0.2, -0.15) is 0 Å². The summed E-state index contributed by atoms with van der Waals surface area (Å²) in [5.74, 6) is 0.225. The van der Waals surface area contributed by atoms with Gasteiger partial charge in [0, 0.05) is 22.8 Å². The third-order valence-electron chi connectivity index (χ3n) is 3.93. The van der Waals surface area contributed by atoms with E-state index in [-0.39, 0.29) is 21.9 Å². The molecule has 0 saturated carbocycles. The third kappa shape index (κ3) is 5.86. The molecule has 0 spiro atoms. The first-order valence-electron chi connectivity index (χ1n) is 8.75. The van der Waals surface area contributed by atoms with Crippen molar-refractivity contribution >= 4 is 44.2 Å². The molecule has 0 unspecified atom stereocenters. The van der Waals surface area contributed by atoms with Crippen molar-refractivity contribution in [2.75, 3.05) is 17.6 Å². The number of carbonyl (C=O) groups is 1. The lowest BCUT2D eigenvalue weighted by atomic mass is 10.1. The van der Waals surface area contributed by atoms with Crippen molar-refractivity contribution in [2.24, 2.45) is 0 Å². The predicted molar refractivity (Wildman–Crippen MR) is 116 cm³/mol. The maximum Gasteiger partial charge on any atom is 0.269 e. The third-order valence-corrected chi connectivity index (χ3v) is 7.61. The second-order valence-corrected chi connectivity index (χ2v) is 10.3. The number of amides is 1. The van der Waals surface area contributed by atoms with E-state index < -0.39 is 10.0 Å². The highest BCUT2D eigenvalue weighted by Gasteiger charge is 2.21. The van der Waals surface area contributed by atoms with Gasteiger partial charge in [-0.05, 0) is 37.6 Å². The Kier molecular flexibility index (Phi) is 7.01. The highest BCUT2D eigenvalue weighted by atomic mass is 32.2. The van der Waals surface area contributed by atoms with Crippen LogP contribution in [0.4, 0.5) is 5.13 Å². The summed E-state index contributed by atoms with van der Waals surface area (Å²) in [5.41, 5.74) is 2.49. The van der Waals surface area contributed by atoms with E-state index in [1.165, 1.54) is 5.56 Å². The average Bonchev–Trinajstić information content (AvgIpc) is 3.16. The average molecular weight is 449 g/mol. The Balaban J connectivity index is 1.55. The highest BCUT2D eigenvalue weighted by molar-refractivity contribution is 7.99. The molecule has 10 heteroatoms. The van der Waals surface area contributed by atoms with Crippen molar-refractivity contribution < 1.29 is 13.2 Å². The number of aryl methyl sites for hydroxylation is 2. The molecule has 152 valence electrons. The van der Waals surface area contributed by atoms with Crippen molar-refractivity contribution in [3.63, 3.8) is 0 Å². The fraction of sp³-hybridized carbons (Fsp3) is 0.211. The molecule has 2 N–H and O–H groups in total. The van der Waals surface area contributed by atoms with E-state index >= 15 is 0 Å². The maximum absolute atomic E-state index is 12.4. The fourth-order valence-corrected chi connectivity index (χ4v) is 5.27. The van der Waals surface area contributed by atoms with Gasteiger partial charge in [-0.15, -0.1) is 22.0 Å². The molecule has 1 heterocycles. The molecule has 1 amide bonds. The number of anilines is 1. The van der Waals surface area contributed by atoms with Crippen LogP contribution < -0.4 is 10.0 Å². The van der Waals surface area contributed by atoms with Crippen LogP contribution in [0.2, 0.25) is 0 Å². The number of rotatable bonds is 8. The van der Waals surface area contributed by atoms with Crippen LogP contribution in [0, 0.1) is 13.8 Å². The number of nitrogens with zero attached hydrogens (tertiary/aromatic N) is 2. The Hall–Kier alpha value is -2.27. The van der Waals surface area contributed by atoms with Crippen molar-refractivity contribution in [1.29, 1.82) is 0 Å².